The molecule has 5 nitrogen and oxygen atoms in total. The minimum atomic E-state index is -1.06. The number of esters is 1. The zero-order chi connectivity index (χ0) is 14.5. The standard InChI is InChI=1S/C14H19NO4/c1-14(2,13(17)19-4)15-12(16)11-7-5-10(6-8-11)9-18-3/h5-8H,9H2,1-4H3,(H,15,16). The summed E-state index contributed by atoms with van der Waals surface area (Å²) in [7, 11) is 2.90. The van der Waals surface area contributed by atoms with Gasteiger partial charge in [-0.25, -0.2) is 4.79 Å². The smallest absolute Gasteiger partial charge is 0.330 e. The fourth-order valence-corrected chi connectivity index (χ4v) is 1.58. The first-order chi connectivity index (χ1) is 8.90. The molecule has 1 rings (SSSR count). The number of carbonyl (C=O) groups is 2. The Bertz CT molecular complexity index is 451. The van der Waals surface area contributed by atoms with Crippen molar-refractivity contribution in [2.24, 2.45) is 0 Å². The van der Waals surface area contributed by atoms with Crippen molar-refractivity contribution in [3.8, 4) is 0 Å². The number of ether oxygens (including phenoxy) is 2. The Kier molecular flexibility index (Phi) is 5.06. The Hall–Kier alpha value is -1.88. The lowest BCUT2D eigenvalue weighted by Crippen LogP contribution is -2.50. The van der Waals surface area contributed by atoms with Crippen LogP contribution in [-0.4, -0.2) is 31.6 Å². The molecule has 0 saturated heterocycles. The highest BCUT2D eigenvalue weighted by Crippen LogP contribution is 2.09. The quantitative estimate of drug-likeness (QED) is 0.820. The topological polar surface area (TPSA) is 64.6 Å². The maximum atomic E-state index is 12.0. The Labute approximate surface area is 112 Å². The second kappa shape index (κ2) is 6.33. The third kappa shape index (κ3) is 4.06. The molecule has 1 amide bonds. The predicted molar refractivity (Wildman–Crippen MR) is 70.7 cm³/mol. The van der Waals surface area contributed by atoms with Gasteiger partial charge in [0.25, 0.3) is 5.91 Å². The van der Waals surface area contributed by atoms with Crippen molar-refractivity contribution in [3.63, 3.8) is 0 Å². The average molecular weight is 265 g/mol. The summed E-state index contributed by atoms with van der Waals surface area (Å²) in [6.45, 7) is 3.68. The summed E-state index contributed by atoms with van der Waals surface area (Å²) in [5.41, 5.74) is 0.403. The van der Waals surface area contributed by atoms with Gasteiger partial charge in [0.05, 0.1) is 13.7 Å². The third-order valence-corrected chi connectivity index (χ3v) is 2.65. The largest absolute Gasteiger partial charge is 0.467 e. The van der Waals surface area contributed by atoms with Crippen LogP contribution in [0.2, 0.25) is 0 Å². The van der Waals surface area contributed by atoms with Gasteiger partial charge >= 0.3 is 5.97 Å². The van der Waals surface area contributed by atoms with E-state index in [4.69, 9.17) is 4.74 Å². The fraction of sp³-hybridized carbons (Fsp3) is 0.429. The van der Waals surface area contributed by atoms with Gasteiger partial charge in [0.15, 0.2) is 0 Å². The van der Waals surface area contributed by atoms with E-state index in [9.17, 15) is 9.59 Å². The molecule has 5 heteroatoms. The minimum Gasteiger partial charge on any atom is -0.467 e. The molecule has 0 fully saturated rings. The van der Waals surface area contributed by atoms with E-state index in [1.807, 2.05) is 12.1 Å². The Morgan fingerprint density at radius 1 is 1.16 bits per heavy atom. The van der Waals surface area contributed by atoms with Crippen LogP contribution < -0.4 is 5.32 Å². The Balaban J connectivity index is 2.75. The molecule has 0 atom stereocenters. The van der Waals surface area contributed by atoms with Crippen molar-refractivity contribution >= 4 is 11.9 Å². The van der Waals surface area contributed by atoms with E-state index in [0.29, 0.717) is 12.2 Å². The number of carbonyl (C=O) groups excluding carboxylic acids is 2. The van der Waals surface area contributed by atoms with Crippen molar-refractivity contribution < 1.29 is 19.1 Å². The summed E-state index contributed by atoms with van der Waals surface area (Å²) in [6, 6.07) is 7.00. The molecule has 0 spiro atoms. The normalized spacial score (nSPS) is 10.9. The molecule has 1 N–H and O–H groups in total. The van der Waals surface area contributed by atoms with Gasteiger partial charge < -0.3 is 14.8 Å². The summed E-state index contributed by atoms with van der Waals surface area (Å²) in [4.78, 5) is 23.5. The maximum Gasteiger partial charge on any atom is 0.330 e. The minimum absolute atomic E-state index is 0.320. The number of benzene rings is 1. The number of rotatable bonds is 5. The molecule has 1 aromatic carbocycles. The highest BCUT2D eigenvalue weighted by molar-refractivity contribution is 5.97. The van der Waals surface area contributed by atoms with Gasteiger partial charge in [0, 0.05) is 12.7 Å². The van der Waals surface area contributed by atoms with Gasteiger partial charge in [0.2, 0.25) is 0 Å². The highest BCUT2D eigenvalue weighted by Gasteiger charge is 2.30. The van der Waals surface area contributed by atoms with Gasteiger partial charge in [-0.15, -0.1) is 0 Å². The number of hydrogen-bond donors (Lipinski definition) is 1. The van der Waals surface area contributed by atoms with E-state index in [-0.39, 0.29) is 5.91 Å². The Morgan fingerprint density at radius 3 is 2.21 bits per heavy atom. The van der Waals surface area contributed by atoms with Crippen LogP contribution in [0.25, 0.3) is 0 Å². The summed E-state index contributed by atoms with van der Waals surface area (Å²) in [5, 5.41) is 2.63. The van der Waals surface area contributed by atoms with E-state index in [1.165, 1.54) is 7.11 Å². The van der Waals surface area contributed by atoms with Gasteiger partial charge in [-0.3, -0.25) is 4.79 Å². The van der Waals surface area contributed by atoms with Crippen LogP contribution in [0, 0.1) is 0 Å². The van der Waals surface area contributed by atoms with Crippen LogP contribution in [0.5, 0.6) is 0 Å². The molecule has 0 saturated carbocycles. The lowest BCUT2D eigenvalue weighted by molar-refractivity contribution is -0.146. The molecule has 0 aliphatic rings. The van der Waals surface area contributed by atoms with E-state index in [0.717, 1.165) is 5.56 Å². The third-order valence-electron chi connectivity index (χ3n) is 2.65. The van der Waals surface area contributed by atoms with Crippen LogP contribution in [-0.2, 0) is 20.9 Å². The molecule has 104 valence electrons. The van der Waals surface area contributed by atoms with Crippen molar-refractivity contribution in [3.05, 3.63) is 35.4 Å². The van der Waals surface area contributed by atoms with Crippen molar-refractivity contribution in [1.29, 1.82) is 0 Å². The average Bonchev–Trinajstić information content (AvgIpc) is 2.38. The van der Waals surface area contributed by atoms with E-state index < -0.39 is 11.5 Å². The molecule has 0 aromatic heterocycles. The molecule has 0 aliphatic carbocycles. The monoisotopic (exact) mass is 265 g/mol. The molecule has 0 heterocycles. The van der Waals surface area contributed by atoms with Gasteiger partial charge in [0.1, 0.15) is 5.54 Å². The first-order valence-electron chi connectivity index (χ1n) is 5.89. The van der Waals surface area contributed by atoms with E-state index in [2.05, 4.69) is 10.1 Å². The molecular weight excluding hydrogens is 246 g/mol. The maximum absolute atomic E-state index is 12.0. The lowest BCUT2D eigenvalue weighted by atomic mass is 10.0. The number of methoxy groups -OCH3 is 2. The van der Waals surface area contributed by atoms with E-state index >= 15 is 0 Å². The molecule has 0 radical (unpaired) electrons. The first-order valence-corrected chi connectivity index (χ1v) is 5.89. The molecular formula is C14H19NO4. The lowest BCUT2D eigenvalue weighted by Gasteiger charge is -2.23. The van der Waals surface area contributed by atoms with Gasteiger partial charge in [-0.05, 0) is 31.5 Å². The van der Waals surface area contributed by atoms with Crippen LogP contribution in [0.1, 0.15) is 29.8 Å². The van der Waals surface area contributed by atoms with Crippen LogP contribution in [0.4, 0.5) is 0 Å². The first kappa shape index (κ1) is 15.2. The van der Waals surface area contributed by atoms with Crippen molar-refractivity contribution in [2.45, 2.75) is 26.0 Å². The summed E-state index contributed by atoms with van der Waals surface area (Å²) >= 11 is 0. The fourth-order valence-electron chi connectivity index (χ4n) is 1.58. The number of amides is 1. The molecule has 0 unspecified atom stereocenters. The van der Waals surface area contributed by atoms with Crippen LogP contribution >= 0.6 is 0 Å². The van der Waals surface area contributed by atoms with Crippen molar-refractivity contribution in [1.82, 2.24) is 5.32 Å². The molecule has 1 aromatic rings. The second-order valence-electron chi connectivity index (χ2n) is 4.70. The number of nitrogens with one attached hydrogen (secondary N) is 1. The molecule has 0 aliphatic heterocycles. The summed E-state index contributed by atoms with van der Waals surface area (Å²) < 4.78 is 9.63. The molecule has 0 bridgehead atoms. The second-order valence-corrected chi connectivity index (χ2v) is 4.70. The Morgan fingerprint density at radius 2 is 1.74 bits per heavy atom. The zero-order valence-electron chi connectivity index (χ0n) is 11.6. The summed E-state index contributed by atoms with van der Waals surface area (Å²) in [6.07, 6.45) is 0. The zero-order valence-corrected chi connectivity index (χ0v) is 11.6. The van der Waals surface area contributed by atoms with Gasteiger partial charge in [-0.1, -0.05) is 12.1 Å². The van der Waals surface area contributed by atoms with Crippen molar-refractivity contribution in [2.75, 3.05) is 14.2 Å². The molecule has 19 heavy (non-hydrogen) atoms. The van der Waals surface area contributed by atoms with Gasteiger partial charge in [-0.2, -0.15) is 0 Å². The van der Waals surface area contributed by atoms with Crippen LogP contribution in [0.3, 0.4) is 0 Å². The summed E-state index contributed by atoms with van der Waals surface area (Å²) in [5.74, 6) is -0.809. The number of hydrogen-bond acceptors (Lipinski definition) is 4. The predicted octanol–water partition coefficient (Wildman–Crippen LogP) is 1.51. The van der Waals surface area contributed by atoms with E-state index in [1.54, 1.807) is 33.1 Å². The SMILES string of the molecule is COCc1ccc(C(=O)NC(C)(C)C(=O)OC)cc1. The highest BCUT2D eigenvalue weighted by atomic mass is 16.5. The van der Waals surface area contributed by atoms with Crippen LogP contribution in [0.15, 0.2) is 24.3 Å².